The van der Waals surface area contributed by atoms with Crippen molar-refractivity contribution in [1.29, 1.82) is 0 Å². The molecule has 2 amide bonds. The lowest BCUT2D eigenvalue weighted by molar-refractivity contribution is 0.0697. The number of hydrogen-bond acceptors (Lipinski definition) is 2. The number of aromatic carboxylic acids is 1. The van der Waals surface area contributed by atoms with Gasteiger partial charge < -0.3 is 15.7 Å². The number of amides is 2. The van der Waals surface area contributed by atoms with Gasteiger partial charge in [-0.25, -0.2) is 18.4 Å². The van der Waals surface area contributed by atoms with E-state index in [1.165, 1.54) is 6.07 Å². The van der Waals surface area contributed by atoms with Crippen LogP contribution in [0.5, 0.6) is 0 Å². The summed E-state index contributed by atoms with van der Waals surface area (Å²) in [4.78, 5) is 22.5. The average Bonchev–Trinajstić information content (AvgIpc) is 2.29. The van der Waals surface area contributed by atoms with E-state index in [1.807, 2.05) is 5.32 Å². The second kappa shape index (κ2) is 6.12. The highest BCUT2D eigenvalue weighted by Gasteiger charge is 2.16. The molecule has 0 radical (unpaired) electrons. The van der Waals surface area contributed by atoms with Crippen molar-refractivity contribution in [3.63, 3.8) is 0 Å². The lowest BCUT2D eigenvalue weighted by Crippen LogP contribution is -2.33. The predicted octanol–water partition coefficient (Wildman–Crippen LogP) is 2.39. The maximum absolute atomic E-state index is 11.9. The Bertz CT molecular complexity index is 504. The van der Waals surface area contributed by atoms with Gasteiger partial charge in [-0.05, 0) is 31.0 Å². The van der Waals surface area contributed by atoms with E-state index in [2.05, 4.69) is 5.32 Å². The second-order valence-corrected chi connectivity index (χ2v) is 4.04. The third-order valence-electron chi connectivity index (χ3n) is 2.37. The molecule has 0 atom stereocenters. The van der Waals surface area contributed by atoms with E-state index >= 15 is 0 Å². The van der Waals surface area contributed by atoms with Crippen molar-refractivity contribution in [1.82, 2.24) is 5.32 Å². The number of aryl methyl sites for hydroxylation is 2. The quantitative estimate of drug-likeness (QED) is 0.787. The van der Waals surface area contributed by atoms with Crippen LogP contribution in [0, 0.1) is 13.8 Å². The molecule has 1 rings (SSSR count). The van der Waals surface area contributed by atoms with Crippen molar-refractivity contribution >= 4 is 17.7 Å². The molecule has 0 aromatic heterocycles. The third-order valence-corrected chi connectivity index (χ3v) is 2.37. The Morgan fingerprint density at radius 1 is 1.32 bits per heavy atom. The first-order chi connectivity index (χ1) is 8.81. The van der Waals surface area contributed by atoms with Crippen LogP contribution in [0.1, 0.15) is 21.5 Å². The Labute approximate surface area is 108 Å². The molecule has 3 N–H and O–H groups in total. The fourth-order valence-electron chi connectivity index (χ4n) is 1.63. The number of urea groups is 1. The average molecular weight is 272 g/mol. The number of rotatable bonds is 4. The molecular weight excluding hydrogens is 258 g/mol. The summed E-state index contributed by atoms with van der Waals surface area (Å²) in [7, 11) is 0. The van der Waals surface area contributed by atoms with E-state index in [9.17, 15) is 18.4 Å². The number of benzene rings is 1. The molecule has 1 aromatic rings. The number of halogens is 2. The fraction of sp³-hybridized carbons (Fsp3) is 0.333. The maximum Gasteiger partial charge on any atom is 0.337 e. The highest BCUT2D eigenvalue weighted by molar-refractivity contribution is 6.01. The van der Waals surface area contributed by atoms with Crippen LogP contribution >= 0.6 is 0 Å². The summed E-state index contributed by atoms with van der Waals surface area (Å²) >= 11 is 0. The minimum atomic E-state index is -2.66. The Hall–Kier alpha value is -2.18. The van der Waals surface area contributed by atoms with Crippen LogP contribution in [-0.4, -0.2) is 30.1 Å². The topological polar surface area (TPSA) is 78.4 Å². The van der Waals surface area contributed by atoms with Crippen LogP contribution in [0.15, 0.2) is 12.1 Å². The summed E-state index contributed by atoms with van der Waals surface area (Å²) in [6.07, 6.45) is -2.66. The number of alkyl halides is 2. The molecule has 0 unspecified atom stereocenters. The molecule has 5 nitrogen and oxygen atoms in total. The molecule has 0 bridgehead atoms. The van der Waals surface area contributed by atoms with Crippen LogP contribution in [-0.2, 0) is 0 Å². The summed E-state index contributed by atoms with van der Waals surface area (Å²) < 4.78 is 23.9. The van der Waals surface area contributed by atoms with Crippen LogP contribution in [0.25, 0.3) is 0 Å². The molecule has 19 heavy (non-hydrogen) atoms. The zero-order valence-corrected chi connectivity index (χ0v) is 10.5. The molecule has 0 saturated carbocycles. The van der Waals surface area contributed by atoms with Gasteiger partial charge in [0.1, 0.15) is 0 Å². The molecule has 1 aromatic carbocycles. The van der Waals surface area contributed by atoms with E-state index in [0.29, 0.717) is 5.56 Å². The number of nitrogens with one attached hydrogen (secondary N) is 2. The molecule has 0 spiro atoms. The van der Waals surface area contributed by atoms with E-state index in [0.717, 1.165) is 5.56 Å². The summed E-state index contributed by atoms with van der Waals surface area (Å²) in [5.41, 5.74) is 1.30. The fourth-order valence-corrected chi connectivity index (χ4v) is 1.63. The summed E-state index contributed by atoms with van der Waals surface area (Å²) in [6, 6.07) is 2.22. The standard InChI is InChI=1S/C12H14F2N2O3/c1-6-3-7(2)10(8(4-6)11(17)18)16-12(19)15-5-9(13)14/h3-4,9H,5H2,1-2H3,(H,17,18)(H2,15,16,19). The lowest BCUT2D eigenvalue weighted by Gasteiger charge is -2.13. The maximum atomic E-state index is 11.9. The molecule has 7 heteroatoms. The minimum Gasteiger partial charge on any atom is -0.478 e. The van der Waals surface area contributed by atoms with Crippen LogP contribution in [0.2, 0.25) is 0 Å². The van der Waals surface area contributed by atoms with Crippen molar-refractivity contribution in [2.45, 2.75) is 20.3 Å². The minimum absolute atomic E-state index is 0.0790. The summed E-state index contributed by atoms with van der Waals surface area (Å²) in [5, 5.41) is 13.3. The summed E-state index contributed by atoms with van der Waals surface area (Å²) in [5.74, 6) is -1.20. The van der Waals surface area contributed by atoms with Crippen LogP contribution in [0.4, 0.5) is 19.3 Å². The molecule has 0 fully saturated rings. The normalized spacial score (nSPS) is 10.4. The highest BCUT2D eigenvalue weighted by atomic mass is 19.3. The van der Waals surface area contributed by atoms with Gasteiger partial charge in [0.2, 0.25) is 0 Å². The first-order valence-corrected chi connectivity index (χ1v) is 5.48. The first kappa shape index (κ1) is 14.9. The number of carboxylic acids is 1. The highest BCUT2D eigenvalue weighted by Crippen LogP contribution is 2.22. The van der Waals surface area contributed by atoms with Gasteiger partial charge >= 0.3 is 12.0 Å². The third kappa shape index (κ3) is 4.20. The number of carbonyl (C=O) groups is 2. The van der Waals surface area contributed by atoms with Gasteiger partial charge in [0.15, 0.2) is 0 Å². The van der Waals surface area contributed by atoms with Gasteiger partial charge in [-0.3, -0.25) is 0 Å². The molecule has 0 aliphatic carbocycles. The molecular formula is C12H14F2N2O3. The summed E-state index contributed by atoms with van der Waals surface area (Å²) in [6.45, 7) is 2.56. The zero-order chi connectivity index (χ0) is 14.6. The van der Waals surface area contributed by atoms with Crippen molar-refractivity contribution in [3.8, 4) is 0 Å². The monoisotopic (exact) mass is 272 g/mol. The van der Waals surface area contributed by atoms with Gasteiger partial charge in [0.25, 0.3) is 6.43 Å². The largest absolute Gasteiger partial charge is 0.478 e. The number of anilines is 1. The van der Waals surface area contributed by atoms with Gasteiger partial charge in [-0.1, -0.05) is 6.07 Å². The Morgan fingerprint density at radius 2 is 1.95 bits per heavy atom. The number of carboxylic acid groups (broad SMARTS) is 1. The van der Waals surface area contributed by atoms with Gasteiger partial charge in [-0.15, -0.1) is 0 Å². The Morgan fingerprint density at radius 3 is 2.47 bits per heavy atom. The SMILES string of the molecule is Cc1cc(C)c(NC(=O)NCC(F)F)c(C(=O)O)c1. The van der Waals surface area contributed by atoms with Crippen LogP contribution < -0.4 is 10.6 Å². The first-order valence-electron chi connectivity index (χ1n) is 5.48. The van der Waals surface area contributed by atoms with Crippen molar-refractivity contribution in [2.75, 3.05) is 11.9 Å². The molecule has 0 aliphatic rings. The second-order valence-electron chi connectivity index (χ2n) is 4.04. The lowest BCUT2D eigenvalue weighted by atomic mass is 10.0. The zero-order valence-electron chi connectivity index (χ0n) is 10.5. The molecule has 104 valence electrons. The van der Waals surface area contributed by atoms with Gasteiger partial charge in [0.05, 0.1) is 17.8 Å². The predicted molar refractivity (Wildman–Crippen MR) is 65.9 cm³/mol. The van der Waals surface area contributed by atoms with Gasteiger partial charge in [-0.2, -0.15) is 0 Å². The Kier molecular flexibility index (Phi) is 4.80. The van der Waals surface area contributed by atoms with Crippen molar-refractivity contribution < 1.29 is 23.5 Å². The van der Waals surface area contributed by atoms with E-state index in [1.54, 1.807) is 19.9 Å². The van der Waals surface area contributed by atoms with Gasteiger partial charge in [0, 0.05) is 0 Å². The van der Waals surface area contributed by atoms with E-state index in [-0.39, 0.29) is 11.3 Å². The molecule has 0 aliphatic heterocycles. The number of carbonyl (C=O) groups excluding carboxylic acids is 1. The van der Waals surface area contributed by atoms with E-state index in [4.69, 9.17) is 5.11 Å². The number of hydrogen-bond donors (Lipinski definition) is 3. The van der Waals surface area contributed by atoms with Crippen molar-refractivity contribution in [3.05, 3.63) is 28.8 Å². The van der Waals surface area contributed by atoms with Crippen molar-refractivity contribution in [2.24, 2.45) is 0 Å². The molecule has 0 saturated heterocycles. The molecule has 0 heterocycles. The smallest absolute Gasteiger partial charge is 0.337 e. The van der Waals surface area contributed by atoms with Crippen LogP contribution in [0.3, 0.4) is 0 Å². The Balaban J connectivity index is 2.94. The van der Waals surface area contributed by atoms with E-state index < -0.39 is 25.0 Å².